The molecule has 0 saturated heterocycles. The van der Waals surface area contributed by atoms with E-state index in [1.54, 1.807) is 49.4 Å². The zero-order chi connectivity index (χ0) is 21.0. The molecule has 0 aliphatic heterocycles. The lowest BCUT2D eigenvalue weighted by Crippen LogP contribution is -2.18. The van der Waals surface area contributed by atoms with Crippen LogP contribution in [0.4, 0.5) is 5.69 Å². The van der Waals surface area contributed by atoms with Crippen LogP contribution in [-0.4, -0.2) is 19.4 Å². The molecule has 0 aliphatic rings. The van der Waals surface area contributed by atoms with Crippen LogP contribution in [0.2, 0.25) is 0 Å². The average Bonchev–Trinajstić information content (AvgIpc) is 2.71. The molecule has 0 amide bonds. The Morgan fingerprint density at radius 1 is 0.966 bits per heavy atom. The van der Waals surface area contributed by atoms with Gasteiger partial charge in [-0.15, -0.1) is 4.40 Å². The summed E-state index contributed by atoms with van der Waals surface area (Å²) < 4.78 is 29.9. The second-order valence-electron chi connectivity index (χ2n) is 7.10. The van der Waals surface area contributed by atoms with Gasteiger partial charge in [-0.05, 0) is 48.2 Å². The van der Waals surface area contributed by atoms with E-state index in [0.29, 0.717) is 16.8 Å². The van der Waals surface area contributed by atoms with Crippen LogP contribution in [0.5, 0.6) is 5.75 Å². The first-order valence-corrected chi connectivity index (χ1v) is 10.8. The molecular weight excluding hydrogens is 384 g/mol. The zero-order valence-corrected chi connectivity index (χ0v) is 17.4. The van der Waals surface area contributed by atoms with Crippen molar-refractivity contribution in [1.82, 2.24) is 0 Å². The lowest BCUT2D eigenvalue weighted by atomic mass is 9.98. The van der Waals surface area contributed by atoms with E-state index in [0.717, 1.165) is 5.56 Å². The van der Waals surface area contributed by atoms with Gasteiger partial charge in [0.2, 0.25) is 0 Å². The van der Waals surface area contributed by atoms with Gasteiger partial charge in [0.25, 0.3) is 10.0 Å². The molecule has 0 heterocycles. The molecule has 0 bridgehead atoms. The van der Waals surface area contributed by atoms with Crippen LogP contribution in [0.25, 0.3) is 0 Å². The van der Waals surface area contributed by atoms with Crippen LogP contribution in [-0.2, 0) is 10.0 Å². The van der Waals surface area contributed by atoms with Crippen molar-refractivity contribution in [3.63, 3.8) is 0 Å². The second kappa shape index (κ2) is 8.49. The van der Waals surface area contributed by atoms with E-state index in [4.69, 9.17) is 0 Å². The van der Waals surface area contributed by atoms with Crippen molar-refractivity contribution in [2.24, 2.45) is 4.40 Å². The van der Waals surface area contributed by atoms with Crippen molar-refractivity contribution in [2.45, 2.75) is 31.6 Å². The maximum absolute atomic E-state index is 12.9. The number of hydrogen-bond donors (Lipinski definition) is 2. The van der Waals surface area contributed by atoms with E-state index < -0.39 is 10.0 Å². The van der Waals surface area contributed by atoms with Crippen molar-refractivity contribution in [3.8, 4) is 5.75 Å². The first-order chi connectivity index (χ1) is 13.8. The minimum absolute atomic E-state index is 0.117. The number of nitrogens with one attached hydrogen (secondary N) is 1. The number of aryl methyl sites for hydroxylation is 1. The summed E-state index contributed by atoms with van der Waals surface area (Å²) in [4.78, 5) is 0.126. The molecule has 0 spiro atoms. The summed E-state index contributed by atoms with van der Waals surface area (Å²) in [6, 6.07) is 20.7. The van der Waals surface area contributed by atoms with Crippen molar-refractivity contribution in [3.05, 3.63) is 89.5 Å². The molecule has 5 nitrogen and oxygen atoms in total. The average molecular weight is 409 g/mol. The summed E-state index contributed by atoms with van der Waals surface area (Å²) in [5.74, 6) is 0.544. The summed E-state index contributed by atoms with van der Waals surface area (Å²) in [6.07, 6.45) is 0. The molecule has 0 aliphatic carbocycles. The number of sulfonamides is 1. The summed E-state index contributed by atoms with van der Waals surface area (Å²) >= 11 is 0. The largest absolute Gasteiger partial charge is 0.508 e. The van der Waals surface area contributed by atoms with Gasteiger partial charge < -0.3 is 10.4 Å². The summed E-state index contributed by atoms with van der Waals surface area (Å²) in [5, 5.41) is 13.3. The fourth-order valence-corrected chi connectivity index (χ4v) is 3.93. The Hall–Kier alpha value is -3.12. The standard InChI is InChI=1S/C23H24N2O3S/c1-16(2)20-15-22(26)17(3)14-21(20)24-23(18-10-6-4-7-11-18)25-29(27,28)19-12-8-5-9-13-19/h4-16,26H,1-3H3,(H,24,25). The van der Waals surface area contributed by atoms with Crippen LogP contribution in [0, 0.1) is 6.92 Å². The Morgan fingerprint density at radius 3 is 2.14 bits per heavy atom. The van der Waals surface area contributed by atoms with Crippen molar-refractivity contribution in [1.29, 1.82) is 0 Å². The molecule has 0 radical (unpaired) electrons. The topological polar surface area (TPSA) is 78.8 Å². The number of rotatable bonds is 5. The van der Waals surface area contributed by atoms with Gasteiger partial charge in [-0.1, -0.05) is 62.4 Å². The minimum atomic E-state index is -3.90. The highest BCUT2D eigenvalue weighted by Gasteiger charge is 2.18. The number of phenolic OH excluding ortho intramolecular Hbond substituents is 1. The molecule has 0 atom stereocenters. The van der Waals surface area contributed by atoms with E-state index in [1.807, 2.05) is 32.0 Å². The number of phenols is 1. The Bertz CT molecular complexity index is 1120. The first-order valence-electron chi connectivity index (χ1n) is 9.34. The lowest BCUT2D eigenvalue weighted by Gasteiger charge is -2.18. The molecule has 0 unspecified atom stereocenters. The fraction of sp³-hybridized carbons (Fsp3) is 0.174. The van der Waals surface area contributed by atoms with Gasteiger partial charge in [-0.25, -0.2) is 0 Å². The van der Waals surface area contributed by atoms with Gasteiger partial charge in [0.1, 0.15) is 5.75 Å². The van der Waals surface area contributed by atoms with Crippen molar-refractivity contribution in [2.75, 3.05) is 5.32 Å². The van der Waals surface area contributed by atoms with Gasteiger partial charge in [0, 0.05) is 11.3 Å². The molecule has 3 aromatic rings. The van der Waals surface area contributed by atoms with Crippen LogP contribution in [0.1, 0.15) is 36.5 Å². The number of aromatic hydroxyl groups is 1. The van der Waals surface area contributed by atoms with E-state index >= 15 is 0 Å². The third kappa shape index (κ3) is 4.84. The van der Waals surface area contributed by atoms with Crippen LogP contribution >= 0.6 is 0 Å². The molecule has 0 fully saturated rings. The summed E-state index contributed by atoms with van der Waals surface area (Å²) in [7, 11) is -3.90. The number of anilines is 1. The maximum atomic E-state index is 12.9. The molecule has 3 rings (SSSR count). The van der Waals surface area contributed by atoms with Gasteiger partial charge >= 0.3 is 0 Å². The minimum Gasteiger partial charge on any atom is -0.508 e. The predicted octanol–water partition coefficient (Wildman–Crippen LogP) is 5.07. The molecular formula is C23H24N2O3S. The van der Waals surface area contributed by atoms with Crippen LogP contribution in [0.3, 0.4) is 0 Å². The third-order valence-electron chi connectivity index (χ3n) is 4.54. The molecule has 0 aromatic heterocycles. The number of nitrogens with zero attached hydrogens (tertiary/aromatic N) is 1. The number of amidine groups is 1. The van der Waals surface area contributed by atoms with E-state index in [9.17, 15) is 13.5 Å². The Balaban J connectivity index is 2.13. The molecule has 0 saturated carbocycles. The highest BCUT2D eigenvalue weighted by atomic mass is 32.2. The van der Waals surface area contributed by atoms with E-state index in [-0.39, 0.29) is 22.4 Å². The molecule has 6 heteroatoms. The van der Waals surface area contributed by atoms with Gasteiger partial charge in [-0.2, -0.15) is 8.42 Å². The SMILES string of the molecule is Cc1cc(NC(=NS(=O)(=O)c2ccccc2)c2ccccc2)c(C(C)C)cc1O. The predicted molar refractivity (Wildman–Crippen MR) is 117 cm³/mol. The van der Waals surface area contributed by atoms with Crippen LogP contribution in [0.15, 0.2) is 82.1 Å². The third-order valence-corrected chi connectivity index (χ3v) is 5.83. The van der Waals surface area contributed by atoms with Gasteiger partial charge in [0.05, 0.1) is 4.90 Å². The first kappa shape index (κ1) is 20.6. The molecule has 150 valence electrons. The van der Waals surface area contributed by atoms with Gasteiger partial charge in [-0.3, -0.25) is 0 Å². The monoisotopic (exact) mass is 408 g/mol. The number of benzene rings is 3. The highest BCUT2D eigenvalue weighted by molar-refractivity contribution is 7.90. The highest BCUT2D eigenvalue weighted by Crippen LogP contribution is 2.31. The number of hydrogen-bond acceptors (Lipinski definition) is 3. The summed E-state index contributed by atoms with van der Waals surface area (Å²) in [5.41, 5.74) is 2.91. The fourth-order valence-electron chi connectivity index (χ4n) is 2.94. The van der Waals surface area contributed by atoms with Gasteiger partial charge in [0.15, 0.2) is 5.84 Å². The van der Waals surface area contributed by atoms with E-state index in [2.05, 4.69) is 9.71 Å². The van der Waals surface area contributed by atoms with Crippen molar-refractivity contribution < 1.29 is 13.5 Å². The second-order valence-corrected chi connectivity index (χ2v) is 8.70. The van der Waals surface area contributed by atoms with Crippen molar-refractivity contribution >= 4 is 21.5 Å². The Labute approximate surface area is 171 Å². The van der Waals surface area contributed by atoms with E-state index in [1.165, 1.54) is 12.1 Å². The quantitative estimate of drug-likeness (QED) is 0.351. The molecule has 3 aromatic carbocycles. The normalized spacial score (nSPS) is 12.2. The molecule has 2 N–H and O–H groups in total. The summed E-state index contributed by atoms with van der Waals surface area (Å²) in [6.45, 7) is 5.81. The maximum Gasteiger partial charge on any atom is 0.284 e. The molecule has 29 heavy (non-hydrogen) atoms. The zero-order valence-electron chi connectivity index (χ0n) is 16.6. The van der Waals surface area contributed by atoms with Crippen LogP contribution < -0.4 is 5.32 Å². The Morgan fingerprint density at radius 2 is 1.55 bits per heavy atom. The Kier molecular flexibility index (Phi) is 6.03. The smallest absolute Gasteiger partial charge is 0.284 e. The lowest BCUT2D eigenvalue weighted by molar-refractivity contribution is 0.470.